The molecule has 0 unspecified atom stereocenters. The molecule has 0 fully saturated rings. The molecule has 2 amide bonds. The summed E-state index contributed by atoms with van der Waals surface area (Å²) in [6.45, 7) is -0.337. The Morgan fingerprint density at radius 1 is 0.892 bits per heavy atom. The first-order valence-electron chi connectivity index (χ1n) is 11.0. The third-order valence-electron chi connectivity index (χ3n) is 5.48. The van der Waals surface area contributed by atoms with Crippen molar-refractivity contribution in [3.63, 3.8) is 0 Å². The molecule has 0 spiro atoms. The molecule has 3 aromatic carbocycles. The molecule has 0 aliphatic rings. The molecule has 11 heteroatoms. The SMILES string of the molecule is COc1ccc(-n2nc(C(=O)NCC(=O)Nc3ccc(OC)c(OC)c3)c3ccccc3c2=O)cc1Cl. The summed E-state index contributed by atoms with van der Waals surface area (Å²) in [5, 5.41) is 10.5. The summed E-state index contributed by atoms with van der Waals surface area (Å²) in [4.78, 5) is 38.8. The Kier molecular flexibility index (Phi) is 7.59. The molecule has 4 aromatic rings. The van der Waals surface area contributed by atoms with Gasteiger partial charge in [-0.3, -0.25) is 14.4 Å². The molecule has 0 saturated carbocycles. The van der Waals surface area contributed by atoms with E-state index < -0.39 is 17.4 Å². The van der Waals surface area contributed by atoms with Gasteiger partial charge in [-0.1, -0.05) is 29.8 Å². The van der Waals surface area contributed by atoms with Crippen LogP contribution >= 0.6 is 11.6 Å². The Morgan fingerprint density at radius 3 is 2.24 bits per heavy atom. The molecule has 0 saturated heterocycles. The van der Waals surface area contributed by atoms with Gasteiger partial charge in [0, 0.05) is 17.1 Å². The molecule has 2 N–H and O–H groups in total. The Morgan fingerprint density at radius 2 is 1.57 bits per heavy atom. The summed E-state index contributed by atoms with van der Waals surface area (Å²) in [5.41, 5.74) is 0.354. The quantitative estimate of drug-likeness (QED) is 0.363. The minimum absolute atomic E-state index is 0.0268. The third kappa shape index (κ3) is 5.34. The highest BCUT2D eigenvalue weighted by Gasteiger charge is 2.19. The fourth-order valence-electron chi connectivity index (χ4n) is 3.68. The van der Waals surface area contributed by atoms with E-state index in [2.05, 4.69) is 15.7 Å². The van der Waals surface area contributed by atoms with E-state index in [1.807, 2.05) is 0 Å². The van der Waals surface area contributed by atoms with Crippen LogP contribution in [0.25, 0.3) is 16.5 Å². The number of amides is 2. The van der Waals surface area contributed by atoms with Crippen molar-refractivity contribution in [2.45, 2.75) is 0 Å². The second kappa shape index (κ2) is 11.0. The smallest absolute Gasteiger partial charge is 0.279 e. The van der Waals surface area contributed by atoms with E-state index in [1.54, 1.807) is 54.6 Å². The molecule has 1 aromatic heterocycles. The van der Waals surface area contributed by atoms with Crippen LogP contribution in [-0.2, 0) is 4.79 Å². The van der Waals surface area contributed by atoms with Crippen molar-refractivity contribution >= 4 is 39.9 Å². The van der Waals surface area contributed by atoms with Crippen molar-refractivity contribution in [1.82, 2.24) is 15.1 Å². The predicted octanol–water partition coefficient (Wildman–Crippen LogP) is 3.43. The normalized spacial score (nSPS) is 10.6. The van der Waals surface area contributed by atoms with E-state index in [0.29, 0.717) is 34.0 Å². The van der Waals surface area contributed by atoms with Crippen LogP contribution in [0, 0.1) is 0 Å². The van der Waals surface area contributed by atoms with Crippen LogP contribution in [0.15, 0.2) is 65.5 Å². The lowest BCUT2D eigenvalue weighted by atomic mass is 10.1. The number of carbonyl (C=O) groups excluding carboxylic acids is 2. The van der Waals surface area contributed by atoms with E-state index in [1.165, 1.54) is 27.4 Å². The Bertz CT molecular complexity index is 1550. The number of halogens is 1. The molecule has 0 bridgehead atoms. The monoisotopic (exact) mass is 522 g/mol. The largest absolute Gasteiger partial charge is 0.495 e. The molecular formula is C26H23ClN4O6. The van der Waals surface area contributed by atoms with Crippen LogP contribution < -0.4 is 30.4 Å². The summed E-state index contributed by atoms with van der Waals surface area (Å²) in [7, 11) is 4.47. The van der Waals surface area contributed by atoms with Gasteiger partial charge in [0.25, 0.3) is 11.5 Å². The number of nitrogens with zero attached hydrogens (tertiary/aromatic N) is 2. The van der Waals surface area contributed by atoms with Crippen molar-refractivity contribution in [2.24, 2.45) is 0 Å². The average molecular weight is 523 g/mol. The molecule has 0 atom stereocenters. The number of benzene rings is 3. The first-order valence-corrected chi connectivity index (χ1v) is 11.4. The molecule has 0 aliphatic carbocycles. The Balaban J connectivity index is 1.59. The van der Waals surface area contributed by atoms with Crippen molar-refractivity contribution in [2.75, 3.05) is 33.2 Å². The number of hydrogen-bond donors (Lipinski definition) is 2. The highest BCUT2D eigenvalue weighted by molar-refractivity contribution is 6.32. The van der Waals surface area contributed by atoms with Gasteiger partial charge in [-0.05, 0) is 36.4 Å². The van der Waals surface area contributed by atoms with E-state index in [-0.39, 0.29) is 22.6 Å². The zero-order valence-electron chi connectivity index (χ0n) is 20.2. The van der Waals surface area contributed by atoms with Gasteiger partial charge in [0.15, 0.2) is 17.2 Å². The lowest BCUT2D eigenvalue weighted by Gasteiger charge is -2.13. The standard InChI is InChI=1S/C26H23ClN4O6/c1-35-20-11-9-16(13-19(20)27)31-26(34)18-7-5-4-6-17(18)24(30-31)25(33)28-14-23(32)29-15-8-10-21(36-2)22(12-15)37-3/h4-13H,14H2,1-3H3,(H,28,33)(H,29,32). The van der Waals surface area contributed by atoms with Gasteiger partial charge >= 0.3 is 0 Å². The maximum Gasteiger partial charge on any atom is 0.279 e. The molecule has 1 heterocycles. The van der Waals surface area contributed by atoms with Crippen molar-refractivity contribution < 1.29 is 23.8 Å². The van der Waals surface area contributed by atoms with E-state index in [4.69, 9.17) is 25.8 Å². The molecular weight excluding hydrogens is 500 g/mol. The maximum atomic E-state index is 13.1. The number of aromatic nitrogens is 2. The lowest BCUT2D eigenvalue weighted by molar-refractivity contribution is -0.115. The van der Waals surface area contributed by atoms with Crippen molar-refractivity contribution in [3.8, 4) is 22.9 Å². The lowest BCUT2D eigenvalue weighted by Crippen LogP contribution is -2.35. The molecule has 0 aliphatic heterocycles. The average Bonchev–Trinajstić information content (AvgIpc) is 2.92. The number of hydrogen-bond acceptors (Lipinski definition) is 7. The van der Waals surface area contributed by atoms with Gasteiger partial charge in [0.1, 0.15) is 5.75 Å². The number of nitrogens with one attached hydrogen (secondary N) is 2. The number of carbonyl (C=O) groups is 2. The topological polar surface area (TPSA) is 121 Å². The molecule has 37 heavy (non-hydrogen) atoms. The van der Waals surface area contributed by atoms with Gasteiger partial charge in [0.2, 0.25) is 5.91 Å². The highest BCUT2D eigenvalue weighted by Crippen LogP contribution is 2.30. The number of anilines is 1. The highest BCUT2D eigenvalue weighted by atomic mass is 35.5. The van der Waals surface area contributed by atoms with Crippen molar-refractivity contribution in [1.29, 1.82) is 0 Å². The van der Waals surface area contributed by atoms with Crippen LogP contribution in [0.3, 0.4) is 0 Å². The van der Waals surface area contributed by atoms with Gasteiger partial charge in [-0.25, -0.2) is 0 Å². The zero-order chi connectivity index (χ0) is 26.5. The van der Waals surface area contributed by atoms with Crippen LogP contribution in [0.2, 0.25) is 5.02 Å². The first kappa shape index (κ1) is 25.5. The minimum Gasteiger partial charge on any atom is -0.495 e. The first-order chi connectivity index (χ1) is 17.9. The summed E-state index contributed by atoms with van der Waals surface area (Å²) in [5.74, 6) is 0.283. The number of fused-ring (bicyclic) bond motifs is 1. The molecule has 4 rings (SSSR count). The predicted molar refractivity (Wildman–Crippen MR) is 139 cm³/mol. The number of ether oxygens (including phenoxy) is 3. The van der Waals surface area contributed by atoms with Crippen LogP contribution in [0.1, 0.15) is 10.5 Å². The van der Waals surface area contributed by atoms with Crippen LogP contribution in [-0.4, -0.2) is 49.5 Å². The van der Waals surface area contributed by atoms with Crippen LogP contribution in [0.5, 0.6) is 17.2 Å². The third-order valence-corrected chi connectivity index (χ3v) is 5.77. The summed E-state index contributed by atoms with van der Waals surface area (Å²) in [6.07, 6.45) is 0. The van der Waals surface area contributed by atoms with E-state index in [9.17, 15) is 14.4 Å². The Labute approximate surface area is 216 Å². The molecule has 190 valence electrons. The minimum atomic E-state index is -0.632. The number of rotatable bonds is 8. The summed E-state index contributed by atoms with van der Waals surface area (Å²) in [6, 6.07) is 16.2. The molecule has 0 radical (unpaired) electrons. The van der Waals surface area contributed by atoms with Gasteiger partial charge < -0.3 is 24.8 Å². The van der Waals surface area contributed by atoms with Gasteiger partial charge in [0.05, 0.1) is 44.0 Å². The van der Waals surface area contributed by atoms with Gasteiger partial charge in [-0.15, -0.1) is 0 Å². The van der Waals surface area contributed by atoms with Crippen molar-refractivity contribution in [3.05, 3.63) is 81.7 Å². The zero-order valence-corrected chi connectivity index (χ0v) is 21.0. The second-order valence-electron chi connectivity index (χ2n) is 7.73. The maximum absolute atomic E-state index is 13.1. The van der Waals surface area contributed by atoms with Gasteiger partial charge in [-0.2, -0.15) is 9.78 Å². The van der Waals surface area contributed by atoms with Crippen LogP contribution in [0.4, 0.5) is 5.69 Å². The number of methoxy groups -OCH3 is 3. The Hall–Kier alpha value is -4.57. The van der Waals surface area contributed by atoms with E-state index in [0.717, 1.165) is 4.68 Å². The van der Waals surface area contributed by atoms with E-state index >= 15 is 0 Å². The summed E-state index contributed by atoms with van der Waals surface area (Å²) >= 11 is 6.23. The second-order valence-corrected chi connectivity index (χ2v) is 8.14. The fraction of sp³-hybridized carbons (Fsp3) is 0.154. The molecule has 10 nitrogen and oxygen atoms in total. The fourth-order valence-corrected chi connectivity index (χ4v) is 3.93. The summed E-state index contributed by atoms with van der Waals surface area (Å²) < 4.78 is 16.7.